The Morgan fingerprint density at radius 3 is 2.62 bits per heavy atom. The van der Waals surface area contributed by atoms with Crippen molar-refractivity contribution in [2.75, 3.05) is 6.54 Å². The minimum Gasteiger partial charge on any atom is -0.306 e. The summed E-state index contributed by atoms with van der Waals surface area (Å²) in [5.74, 6) is 0. The van der Waals surface area contributed by atoms with E-state index in [0.29, 0.717) is 0 Å². The van der Waals surface area contributed by atoms with Gasteiger partial charge in [0.25, 0.3) is 0 Å². The highest BCUT2D eigenvalue weighted by Gasteiger charge is 2.19. The monoisotopic (exact) mass is 365 g/mol. The van der Waals surface area contributed by atoms with E-state index in [1.165, 1.54) is 16.7 Å². The van der Waals surface area contributed by atoms with E-state index >= 15 is 0 Å². The first-order valence-electron chi connectivity index (χ1n) is 7.29. The van der Waals surface area contributed by atoms with Crippen LogP contribution in [-0.4, -0.2) is 6.54 Å². The molecule has 1 unspecified atom stereocenters. The van der Waals surface area contributed by atoms with E-state index in [0.717, 1.165) is 28.0 Å². The third kappa shape index (κ3) is 3.88. The Labute approximate surface area is 140 Å². The summed E-state index contributed by atoms with van der Waals surface area (Å²) in [4.78, 5) is 0. The second-order valence-corrected chi connectivity index (χ2v) is 6.62. The van der Waals surface area contributed by atoms with E-state index in [-0.39, 0.29) is 6.04 Å². The highest BCUT2D eigenvalue weighted by molar-refractivity contribution is 9.10. The van der Waals surface area contributed by atoms with Gasteiger partial charge in [0.1, 0.15) is 0 Å². The molecule has 0 aliphatic rings. The van der Waals surface area contributed by atoms with Crippen molar-refractivity contribution in [1.82, 2.24) is 5.32 Å². The second-order valence-electron chi connectivity index (χ2n) is 5.39. The fraction of sp³-hybridized carbons (Fsp3) is 0.333. The first-order chi connectivity index (χ1) is 10.0. The molecule has 2 aromatic carbocycles. The number of rotatable bonds is 5. The molecule has 112 valence electrons. The van der Waals surface area contributed by atoms with Crippen LogP contribution in [0.25, 0.3) is 0 Å². The molecular weight excluding hydrogens is 346 g/mol. The topological polar surface area (TPSA) is 12.0 Å². The summed E-state index contributed by atoms with van der Waals surface area (Å²) < 4.78 is 0.940. The number of hydrogen-bond donors (Lipinski definition) is 1. The fourth-order valence-electron chi connectivity index (χ4n) is 2.49. The summed E-state index contributed by atoms with van der Waals surface area (Å²) >= 11 is 10.1. The SMILES string of the molecule is CCCNC(c1cc(C)ccc1C)c1cccc(Br)c1Cl. The van der Waals surface area contributed by atoms with Crippen molar-refractivity contribution in [2.24, 2.45) is 0 Å². The molecule has 0 bridgehead atoms. The Morgan fingerprint density at radius 2 is 1.90 bits per heavy atom. The van der Waals surface area contributed by atoms with E-state index < -0.39 is 0 Å². The number of benzene rings is 2. The molecule has 1 N–H and O–H groups in total. The number of halogens is 2. The summed E-state index contributed by atoms with van der Waals surface area (Å²) in [6, 6.07) is 12.8. The van der Waals surface area contributed by atoms with Crippen LogP contribution >= 0.6 is 27.5 Å². The lowest BCUT2D eigenvalue weighted by atomic mass is 9.93. The Kier molecular flexibility index (Phi) is 5.86. The molecule has 0 aliphatic carbocycles. The van der Waals surface area contributed by atoms with Crippen molar-refractivity contribution in [3.8, 4) is 0 Å². The summed E-state index contributed by atoms with van der Waals surface area (Å²) in [5, 5.41) is 4.42. The van der Waals surface area contributed by atoms with Gasteiger partial charge < -0.3 is 5.32 Å². The number of aryl methyl sites for hydroxylation is 2. The normalized spacial score (nSPS) is 12.4. The molecule has 0 saturated heterocycles. The van der Waals surface area contributed by atoms with Crippen LogP contribution in [0.1, 0.15) is 41.6 Å². The van der Waals surface area contributed by atoms with Crippen molar-refractivity contribution < 1.29 is 0 Å². The Bertz CT molecular complexity index is 623. The van der Waals surface area contributed by atoms with Gasteiger partial charge in [0.15, 0.2) is 0 Å². The molecule has 1 nitrogen and oxygen atoms in total. The van der Waals surface area contributed by atoms with Crippen LogP contribution < -0.4 is 5.32 Å². The van der Waals surface area contributed by atoms with Gasteiger partial charge in [-0.2, -0.15) is 0 Å². The maximum absolute atomic E-state index is 6.52. The van der Waals surface area contributed by atoms with Gasteiger partial charge in [0.2, 0.25) is 0 Å². The summed E-state index contributed by atoms with van der Waals surface area (Å²) in [5.41, 5.74) is 4.96. The summed E-state index contributed by atoms with van der Waals surface area (Å²) in [6.07, 6.45) is 1.09. The minimum absolute atomic E-state index is 0.120. The van der Waals surface area contributed by atoms with Crippen molar-refractivity contribution in [1.29, 1.82) is 0 Å². The standard InChI is InChI=1S/C18H21BrClN/c1-4-10-21-18(14-6-5-7-16(19)17(14)20)15-11-12(2)8-9-13(15)3/h5-9,11,18,21H,4,10H2,1-3H3. The highest BCUT2D eigenvalue weighted by Crippen LogP contribution is 2.34. The molecule has 0 aromatic heterocycles. The van der Waals surface area contributed by atoms with E-state index in [9.17, 15) is 0 Å². The smallest absolute Gasteiger partial charge is 0.0599 e. The summed E-state index contributed by atoms with van der Waals surface area (Å²) in [7, 11) is 0. The average molecular weight is 367 g/mol. The molecule has 0 saturated carbocycles. The maximum atomic E-state index is 6.52. The highest BCUT2D eigenvalue weighted by atomic mass is 79.9. The van der Waals surface area contributed by atoms with Crippen molar-refractivity contribution in [2.45, 2.75) is 33.2 Å². The first-order valence-corrected chi connectivity index (χ1v) is 8.46. The third-order valence-corrected chi connectivity index (χ3v) is 4.95. The van der Waals surface area contributed by atoms with Crippen LogP contribution in [0.2, 0.25) is 5.02 Å². The zero-order valence-corrected chi connectivity index (χ0v) is 15.1. The van der Waals surface area contributed by atoms with E-state index in [2.05, 4.69) is 66.3 Å². The van der Waals surface area contributed by atoms with Gasteiger partial charge >= 0.3 is 0 Å². The fourth-order valence-corrected chi connectivity index (χ4v) is 3.11. The number of nitrogens with one attached hydrogen (secondary N) is 1. The molecule has 0 aliphatic heterocycles. The predicted octanol–water partition coefficient (Wildman–Crippen LogP) is 5.81. The van der Waals surface area contributed by atoms with Gasteiger partial charge in [-0.15, -0.1) is 0 Å². The molecule has 2 aromatic rings. The molecule has 21 heavy (non-hydrogen) atoms. The minimum atomic E-state index is 0.120. The molecule has 0 spiro atoms. The molecule has 1 atom stereocenters. The molecule has 0 heterocycles. The lowest BCUT2D eigenvalue weighted by Crippen LogP contribution is -2.24. The van der Waals surface area contributed by atoms with Crippen LogP contribution in [0.3, 0.4) is 0 Å². The molecule has 3 heteroatoms. The Morgan fingerprint density at radius 1 is 1.14 bits per heavy atom. The van der Waals surface area contributed by atoms with Crippen molar-refractivity contribution >= 4 is 27.5 Å². The number of hydrogen-bond acceptors (Lipinski definition) is 1. The van der Waals surface area contributed by atoms with Crippen LogP contribution in [-0.2, 0) is 0 Å². The van der Waals surface area contributed by atoms with Crippen LogP contribution in [0, 0.1) is 13.8 Å². The second kappa shape index (κ2) is 7.44. The van der Waals surface area contributed by atoms with Crippen LogP contribution in [0.4, 0.5) is 0 Å². The lowest BCUT2D eigenvalue weighted by molar-refractivity contribution is 0.596. The first kappa shape index (κ1) is 16.5. The Balaban J connectivity index is 2.52. The Hall–Kier alpha value is -0.830. The van der Waals surface area contributed by atoms with Gasteiger partial charge in [-0.25, -0.2) is 0 Å². The zero-order chi connectivity index (χ0) is 15.4. The quantitative estimate of drug-likeness (QED) is 0.704. The molecule has 0 amide bonds. The largest absolute Gasteiger partial charge is 0.306 e. The zero-order valence-electron chi connectivity index (χ0n) is 12.7. The van der Waals surface area contributed by atoms with Gasteiger partial charge in [-0.3, -0.25) is 0 Å². The maximum Gasteiger partial charge on any atom is 0.0599 e. The van der Waals surface area contributed by atoms with E-state index in [1.54, 1.807) is 0 Å². The lowest BCUT2D eigenvalue weighted by Gasteiger charge is -2.23. The van der Waals surface area contributed by atoms with Gasteiger partial charge in [-0.1, -0.05) is 54.4 Å². The third-order valence-electron chi connectivity index (χ3n) is 3.64. The van der Waals surface area contributed by atoms with Gasteiger partial charge in [0, 0.05) is 4.47 Å². The van der Waals surface area contributed by atoms with Gasteiger partial charge in [-0.05, 0) is 65.5 Å². The summed E-state index contributed by atoms with van der Waals surface area (Å²) in [6.45, 7) is 7.42. The molecule has 2 rings (SSSR count). The predicted molar refractivity (Wildman–Crippen MR) is 95.2 cm³/mol. The van der Waals surface area contributed by atoms with Crippen molar-refractivity contribution in [3.05, 3.63) is 68.1 Å². The van der Waals surface area contributed by atoms with Crippen LogP contribution in [0.15, 0.2) is 40.9 Å². The average Bonchev–Trinajstić information content (AvgIpc) is 2.47. The van der Waals surface area contributed by atoms with E-state index in [1.807, 2.05) is 12.1 Å². The molecular formula is C18H21BrClN. The van der Waals surface area contributed by atoms with Crippen LogP contribution in [0.5, 0.6) is 0 Å². The molecule has 0 fully saturated rings. The van der Waals surface area contributed by atoms with Gasteiger partial charge in [0.05, 0.1) is 11.1 Å². The van der Waals surface area contributed by atoms with Crippen molar-refractivity contribution in [3.63, 3.8) is 0 Å². The molecule has 0 radical (unpaired) electrons. The van der Waals surface area contributed by atoms with E-state index in [4.69, 9.17) is 11.6 Å².